The molecule has 2 N–H and O–H groups in total. The summed E-state index contributed by atoms with van der Waals surface area (Å²) in [7, 11) is 0. The van der Waals surface area contributed by atoms with Gasteiger partial charge in [-0.3, -0.25) is 10.3 Å². The molecule has 0 aromatic carbocycles. The zero-order chi connectivity index (χ0) is 16.4. The van der Waals surface area contributed by atoms with Gasteiger partial charge >= 0.3 is 6.03 Å². The molecule has 0 aliphatic heterocycles. The van der Waals surface area contributed by atoms with Crippen molar-refractivity contribution in [3.8, 4) is 11.5 Å². The monoisotopic (exact) mass is 341 g/mol. The number of nitrogens with zero attached hydrogens (tertiary/aromatic N) is 3. The molecule has 8 heteroatoms. The highest BCUT2D eigenvalue weighted by Gasteiger charge is 2.26. The van der Waals surface area contributed by atoms with Crippen LogP contribution < -0.4 is 10.6 Å². The van der Waals surface area contributed by atoms with Gasteiger partial charge < -0.3 is 9.73 Å². The normalized spacial score (nSPS) is 13.7. The molecule has 3 aromatic heterocycles. The van der Waals surface area contributed by atoms with E-state index < -0.39 is 0 Å². The van der Waals surface area contributed by atoms with Crippen LogP contribution >= 0.6 is 11.3 Å². The highest BCUT2D eigenvalue weighted by Crippen LogP contribution is 2.40. The van der Waals surface area contributed by atoms with Crippen LogP contribution in [0.25, 0.3) is 11.5 Å². The van der Waals surface area contributed by atoms with Gasteiger partial charge in [0.05, 0.1) is 24.2 Å². The molecule has 1 fully saturated rings. The quantitative estimate of drug-likeness (QED) is 0.742. The van der Waals surface area contributed by atoms with Crippen LogP contribution in [0.5, 0.6) is 0 Å². The van der Waals surface area contributed by atoms with E-state index in [4.69, 9.17) is 4.42 Å². The summed E-state index contributed by atoms with van der Waals surface area (Å²) in [4.78, 5) is 25.0. The molecule has 7 nitrogen and oxygen atoms in total. The molecule has 3 aromatic rings. The third-order valence-corrected chi connectivity index (χ3v) is 4.46. The number of urea groups is 1. The predicted octanol–water partition coefficient (Wildman–Crippen LogP) is 3.39. The smallest absolute Gasteiger partial charge is 0.321 e. The molecule has 24 heavy (non-hydrogen) atoms. The molecule has 122 valence electrons. The number of rotatable bonds is 5. The summed E-state index contributed by atoms with van der Waals surface area (Å²) < 4.78 is 5.35. The van der Waals surface area contributed by atoms with Crippen molar-refractivity contribution in [3.63, 3.8) is 0 Å². The van der Waals surface area contributed by atoms with E-state index in [1.807, 2.05) is 11.4 Å². The van der Waals surface area contributed by atoms with E-state index in [0.29, 0.717) is 28.2 Å². The van der Waals surface area contributed by atoms with Gasteiger partial charge in [0.25, 0.3) is 0 Å². The molecule has 0 radical (unpaired) electrons. The molecule has 0 saturated heterocycles. The summed E-state index contributed by atoms with van der Waals surface area (Å²) >= 11 is 1.44. The second-order valence-electron chi connectivity index (χ2n) is 5.49. The highest BCUT2D eigenvalue weighted by molar-refractivity contribution is 7.13. The topological polar surface area (TPSA) is 92.9 Å². The fraction of sp³-hybridized carbons (Fsp3) is 0.250. The van der Waals surface area contributed by atoms with Crippen molar-refractivity contribution in [2.24, 2.45) is 0 Å². The molecule has 2 amide bonds. The SMILES string of the molecule is O=C(NCc1nccnc1-c1ccco1)Nc1nc(C2CC2)cs1. The molecular weight excluding hydrogens is 326 g/mol. The summed E-state index contributed by atoms with van der Waals surface area (Å²) in [5, 5.41) is 8.15. The lowest BCUT2D eigenvalue weighted by atomic mass is 10.2. The van der Waals surface area contributed by atoms with Gasteiger partial charge in [0.1, 0.15) is 5.69 Å². The Balaban J connectivity index is 1.38. The van der Waals surface area contributed by atoms with Crippen molar-refractivity contribution in [2.45, 2.75) is 25.3 Å². The third kappa shape index (κ3) is 3.28. The fourth-order valence-electron chi connectivity index (χ4n) is 2.33. The van der Waals surface area contributed by atoms with Crippen molar-refractivity contribution >= 4 is 22.5 Å². The molecule has 0 bridgehead atoms. The maximum Gasteiger partial charge on any atom is 0.321 e. The van der Waals surface area contributed by atoms with E-state index in [9.17, 15) is 4.79 Å². The largest absolute Gasteiger partial charge is 0.463 e. The van der Waals surface area contributed by atoms with Crippen molar-refractivity contribution in [1.82, 2.24) is 20.3 Å². The van der Waals surface area contributed by atoms with E-state index in [-0.39, 0.29) is 12.6 Å². The van der Waals surface area contributed by atoms with Gasteiger partial charge in [0.15, 0.2) is 10.9 Å². The Morgan fingerprint density at radius 2 is 2.21 bits per heavy atom. The molecule has 1 aliphatic carbocycles. The fourth-order valence-corrected chi connectivity index (χ4v) is 3.12. The number of amides is 2. The Bertz CT molecular complexity index is 842. The third-order valence-electron chi connectivity index (χ3n) is 3.68. The number of carbonyl (C=O) groups is 1. The van der Waals surface area contributed by atoms with Gasteiger partial charge in [0.2, 0.25) is 0 Å². The Morgan fingerprint density at radius 3 is 3.00 bits per heavy atom. The Kier molecular flexibility index (Phi) is 3.96. The molecule has 3 heterocycles. The van der Waals surface area contributed by atoms with Crippen LogP contribution in [0.3, 0.4) is 0 Å². The lowest BCUT2D eigenvalue weighted by Crippen LogP contribution is -2.28. The first kappa shape index (κ1) is 14.8. The number of hydrogen-bond acceptors (Lipinski definition) is 6. The molecule has 0 spiro atoms. The number of aromatic nitrogens is 3. The van der Waals surface area contributed by atoms with E-state index in [2.05, 4.69) is 25.6 Å². The van der Waals surface area contributed by atoms with Gasteiger partial charge in [-0.1, -0.05) is 0 Å². The molecule has 0 unspecified atom stereocenters. The lowest BCUT2D eigenvalue weighted by Gasteiger charge is -2.07. The summed E-state index contributed by atoms with van der Waals surface area (Å²) in [6.07, 6.45) is 7.14. The summed E-state index contributed by atoms with van der Waals surface area (Å²) in [6.45, 7) is 0.247. The van der Waals surface area contributed by atoms with Crippen LogP contribution in [-0.2, 0) is 6.54 Å². The highest BCUT2D eigenvalue weighted by atomic mass is 32.1. The Hall–Kier alpha value is -2.74. The Labute approximate surface area is 142 Å². The molecule has 4 rings (SSSR count). The minimum Gasteiger partial charge on any atom is -0.463 e. The average Bonchev–Trinajstić information content (AvgIpc) is 3.10. The van der Waals surface area contributed by atoms with E-state index in [0.717, 1.165) is 5.69 Å². The average molecular weight is 341 g/mol. The van der Waals surface area contributed by atoms with Crippen molar-refractivity contribution < 1.29 is 9.21 Å². The van der Waals surface area contributed by atoms with Gasteiger partial charge in [-0.2, -0.15) is 0 Å². The number of carbonyl (C=O) groups excluding carboxylic acids is 1. The molecule has 1 aliphatic rings. The van der Waals surface area contributed by atoms with Gasteiger partial charge in [-0.15, -0.1) is 11.3 Å². The van der Waals surface area contributed by atoms with Crippen LogP contribution in [0.1, 0.15) is 30.1 Å². The van der Waals surface area contributed by atoms with Gasteiger partial charge in [-0.05, 0) is 25.0 Å². The van der Waals surface area contributed by atoms with Crippen molar-refractivity contribution in [3.05, 3.63) is 47.6 Å². The van der Waals surface area contributed by atoms with Crippen molar-refractivity contribution in [2.75, 3.05) is 5.32 Å². The standard InChI is InChI=1S/C16H15N5O2S/c22-15(21-16-20-12(9-24-16)10-3-4-10)19-8-11-14(18-6-5-17-11)13-2-1-7-23-13/h1-2,5-7,9-10H,3-4,8H2,(H2,19,20,21,22). The van der Waals surface area contributed by atoms with Gasteiger partial charge in [0, 0.05) is 23.7 Å². The second kappa shape index (κ2) is 6.40. The number of nitrogens with one attached hydrogen (secondary N) is 2. The minimum absolute atomic E-state index is 0.247. The molecule has 1 saturated carbocycles. The summed E-state index contributed by atoms with van der Waals surface area (Å²) in [5.74, 6) is 1.20. The number of hydrogen-bond donors (Lipinski definition) is 2. The first-order valence-electron chi connectivity index (χ1n) is 7.63. The maximum atomic E-state index is 12.1. The number of thiazole rings is 1. The number of anilines is 1. The van der Waals surface area contributed by atoms with E-state index in [1.54, 1.807) is 24.7 Å². The second-order valence-corrected chi connectivity index (χ2v) is 6.35. The zero-order valence-corrected chi connectivity index (χ0v) is 13.5. The van der Waals surface area contributed by atoms with Crippen LogP contribution in [-0.4, -0.2) is 21.0 Å². The predicted molar refractivity (Wildman–Crippen MR) is 89.7 cm³/mol. The number of furan rings is 1. The van der Waals surface area contributed by atoms with E-state index >= 15 is 0 Å². The van der Waals surface area contributed by atoms with E-state index in [1.165, 1.54) is 24.2 Å². The molecular formula is C16H15N5O2S. The summed E-state index contributed by atoms with van der Waals surface area (Å²) in [5.41, 5.74) is 2.33. The lowest BCUT2D eigenvalue weighted by molar-refractivity contribution is 0.251. The molecule has 0 atom stereocenters. The van der Waals surface area contributed by atoms with Crippen LogP contribution in [0, 0.1) is 0 Å². The Morgan fingerprint density at radius 1 is 1.33 bits per heavy atom. The van der Waals surface area contributed by atoms with Gasteiger partial charge in [-0.25, -0.2) is 14.8 Å². The van der Waals surface area contributed by atoms with Crippen LogP contribution in [0.15, 0.2) is 40.6 Å². The first-order valence-corrected chi connectivity index (χ1v) is 8.51. The maximum absolute atomic E-state index is 12.1. The van der Waals surface area contributed by atoms with Crippen molar-refractivity contribution in [1.29, 1.82) is 0 Å². The zero-order valence-electron chi connectivity index (χ0n) is 12.7. The van der Waals surface area contributed by atoms with Crippen LogP contribution in [0.4, 0.5) is 9.93 Å². The summed E-state index contributed by atoms with van der Waals surface area (Å²) in [6, 6.07) is 3.28. The first-order chi connectivity index (χ1) is 11.8. The minimum atomic E-state index is -0.317. The van der Waals surface area contributed by atoms with Crippen LogP contribution in [0.2, 0.25) is 0 Å².